The van der Waals surface area contributed by atoms with Crippen LogP contribution in [0.3, 0.4) is 0 Å². The molecule has 5 nitrogen and oxygen atoms in total. The van der Waals surface area contributed by atoms with Gasteiger partial charge >= 0.3 is 6.03 Å². The smallest absolute Gasteiger partial charge is 0.323 e. The van der Waals surface area contributed by atoms with Crippen LogP contribution in [0.5, 0.6) is 0 Å². The van der Waals surface area contributed by atoms with Crippen molar-refractivity contribution in [3.8, 4) is 0 Å². The lowest BCUT2D eigenvalue weighted by Gasteiger charge is -2.21. The summed E-state index contributed by atoms with van der Waals surface area (Å²) in [5.41, 5.74) is 7.99. The number of rotatable bonds is 2. The Bertz CT molecular complexity index is 764. The lowest BCUT2D eigenvalue weighted by Crippen LogP contribution is -2.31. The molecule has 0 unspecified atom stereocenters. The van der Waals surface area contributed by atoms with Crippen molar-refractivity contribution >= 4 is 28.3 Å². The topological polar surface area (TPSA) is 64.2 Å². The maximum absolute atomic E-state index is 11.9. The summed E-state index contributed by atoms with van der Waals surface area (Å²) < 4.78 is 2.00. The van der Waals surface area contributed by atoms with Crippen molar-refractivity contribution < 1.29 is 4.79 Å². The molecule has 5 heteroatoms. The van der Waals surface area contributed by atoms with Crippen molar-refractivity contribution in [1.82, 2.24) is 9.55 Å². The van der Waals surface area contributed by atoms with Gasteiger partial charge < -0.3 is 10.3 Å². The summed E-state index contributed by atoms with van der Waals surface area (Å²) in [5, 5.41) is 0.970. The summed E-state index contributed by atoms with van der Waals surface area (Å²) >= 11 is 0. The normalized spacial score (nSPS) is 10.7. The number of pyridine rings is 1. The molecule has 0 radical (unpaired) electrons. The highest BCUT2D eigenvalue weighted by Gasteiger charge is 2.18. The molecule has 0 aliphatic carbocycles. The molecule has 2 amide bonds. The van der Waals surface area contributed by atoms with Crippen molar-refractivity contribution in [2.75, 3.05) is 4.90 Å². The highest BCUT2D eigenvalue weighted by Crippen LogP contribution is 2.32. The Balaban J connectivity index is 2.23. The van der Waals surface area contributed by atoms with E-state index in [2.05, 4.69) is 4.98 Å². The third-order valence-electron chi connectivity index (χ3n) is 3.27. The molecule has 2 N–H and O–H groups in total. The standard InChI is InChI=1S/C15H14N4O/c1-18-9-7-12-13(18)5-2-6-14(12)19(15(16)20)11-4-3-8-17-10-11/h2-10H,1H3,(H2,16,20). The van der Waals surface area contributed by atoms with E-state index >= 15 is 0 Å². The molecule has 2 aromatic heterocycles. The Hall–Kier alpha value is -2.82. The highest BCUT2D eigenvalue weighted by atomic mass is 16.2. The third-order valence-corrected chi connectivity index (χ3v) is 3.27. The summed E-state index contributed by atoms with van der Waals surface area (Å²) in [6.07, 6.45) is 5.23. The van der Waals surface area contributed by atoms with Gasteiger partial charge in [-0.05, 0) is 30.3 Å². The second-order valence-electron chi connectivity index (χ2n) is 4.52. The Morgan fingerprint density at radius 3 is 2.80 bits per heavy atom. The molecule has 2 heterocycles. The van der Waals surface area contributed by atoms with E-state index in [0.717, 1.165) is 16.6 Å². The molecule has 1 aromatic carbocycles. The second kappa shape index (κ2) is 4.70. The fourth-order valence-corrected chi connectivity index (χ4v) is 2.35. The van der Waals surface area contributed by atoms with Crippen LogP contribution in [0.2, 0.25) is 0 Å². The maximum atomic E-state index is 11.9. The summed E-state index contributed by atoms with van der Waals surface area (Å²) in [6, 6.07) is 10.8. The van der Waals surface area contributed by atoms with Crippen LogP contribution in [0.4, 0.5) is 16.2 Å². The fourth-order valence-electron chi connectivity index (χ4n) is 2.35. The van der Waals surface area contributed by atoms with Crippen molar-refractivity contribution in [2.24, 2.45) is 12.8 Å². The van der Waals surface area contributed by atoms with Crippen LogP contribution in [0, 0.1) is 0 Å². The van der Waals surface area contributed by atoms with Gasteiger partial charge in [0.05, 0.1) is 17.6 Å². The van der Waals surface area contributed by atoms with E-state index in [4.69, 9.17) is 5.73 Å². The van der Waals surface area contributed by atoms with Gasteiger partial charge in [-0.25, -0.2) is 4.79 Å². The Kier molecular flexibility index (Phi) is 2.87. The molecule has 0 spiro atoms. The minimum Gasteiger partial charge on any atom is -0.351 e. The number of amides is 2. The van der Waals surface area contributed by atoms with Gasteiger partial charge in [-0.15, -0.1) is 0 Å². The zero-order chi connectivity index (χ0) is 14.1. The van der Waals surface area contributed by atoms with Gasteiger partial charge in [-0.1, -0.05) is 6.07 Å². The number of benzene rings is 1. The van der Waals surface area contributed by atoms with E-state index in [1.165, 1.54) is 4.90 Å². The first-order chi connectivity index (χ1) is 9.68. The molecule has 0 saturated carbocycles. The first kappa shape index (κ1) is 12.2. The fraction of sp³-hybridized carbons (Fsp3) is 0.0667. The Morgan fingerprint density at radius 2 is 2.10 bits per heavy atom. The predicted molar refractivity (Wildman–Crippen MR) is 78.9 cm³/mol. The largest absolute Gasteiger partial charge is 0.351 e. The molecule has 0 aliphatic rings. The van der Waals surface area contributed by atoms with E-state index < -0.39 is 6.03 Å². The van der Waals surface area contributed by atoms with Gasteiger partial charge in [0.2, 0.25) is 0 Å². The quantitative estimate of drug-likeness (QED) is 0.775. The van der Waals surface area contributed by atoms with Gasteiger partial charge in [-0.2, -0.15) is 0 Å². The highest BCUT2D eigenvalue weighted by molar-refractivity contribution is 6.06. The van der Waals surface area contributed by atoms with Gasteiger partial charge in [0.25, 0.3) is 0 Å². The molecular formula is C15H14N4O. The van der Waals surface area contributed by atoms with Crippen LogP contribution in [-0.4, -0.2) is 15.6 Å². The number of carbonyl (C=O) groups is 1. The second-order valence-corrected chi connectivity index (χ2v) is 4.52. The molecule has 3 aromatic rings. The summed E-state index contributed by atoms with van der Waals surface area (Å²) in [6.45, 7) is 0. The maximum Gasteiger partial charge on any atom is 0.323 e. The zero-order valence-electron chi connectivity index (χ0n) is 11.0. The van der Waals surface area contributed by atoms with Crippen molar-refractivity contribution in [3.05, 3.63) is 55.0 Å². The van der Waals surface area contributed by atoms with Crippen molar-refractivity contribution in [3.63, 3.8) is 0 Å². The average molecular weight is 266 g/mol. The number of aromatic nitrogens is 2. The molecule has 0 fully saturated rings. The minimum absolute atomic E-state index is 0.533. The van der Waals surface area contributed by atoms with Gasteiger partial charge in [0.1, 0.15) is 0 Å². The number of anilines is 2. The summed E-state index contributed by atoms with van der Waals surface area (Å²) in [4.78, 5) is 17.4. The van der Waals surface area contributed by atoms with Gasteiger partial charge in [-0.3, -0.25) is 9.88 Å². The Labute approximate surface area is 116 Å². The number of aryl methyl sites for hydroxylation is 1. The lowest BCUT2D eigenvalue weighted by molar-refractivity contribution is 0.256. The number of hydrogen-bond donors (Lipinski definition) is 1. The molecule has 0 aliphatic heterocycles. The number of hydrogen-bond acceptors (Lipinski definition) is 2. The Morgan fingerprint density at radius 1 is 1.25 bits per heavy atom. The van der Waals surface area contributed by atoms with Crippen LogP contribution in [0.25, 0.3) is 10.9 Å². The predicted octanol–water partition coefficient (Wildman–Crippen LogP) is 2.79. The summed E-state index contributed by atoms with van der Waals surface area (Å²) in [5.74, 6) is 0. The lowest BCUT2D eigenvalue weighted by atomic mass is 10.2. The zero-order valence-corrected chi connectivity index (χ0v) is 11.0. The van der Waals surface area contributed by atoms with Gasteiger partial charge in [0.15, 0.2) is 0 Å². The van der Waals surface area contributed by atoms with Crippen LogP contribution >= 0.6 is 0 Å². The number of nitrogens with zero attached hydrogens (tertiary/aromatic N) is 3. The van der Waals surface area contributed by atoms with E-state index in [0.29, 0.717) is 5.69 Å². The molecule has 100 valence electrons. The van der Waals surface area contributed by atoms with Crippen LogP contribution in [-0.2, 0) is 7.05 Å². The first-order valence-corrected chi connectivity index (χ1v) is 6.22. The number of fused-ring (bicyclic) bond motifs is 1. The van der Waals surface area contributed by atoms with E-state index in [1.807, 2.05) is 42.1 Å². The van der Waals surface area contributed by atoms with Gasteiger partial charge in [0, 0.05) is 30.3 Å². The van der Waals surface area contributed by atoms with Crippen LogP contribution < -0.4 is 10.6 Å². The van der Waals surface area contributed by atoms with E-state index in [-0.39, 0.29) is 0 Å². The molecule has 3 rings (SSSR count). The number of carbonyl (C=O) groups excluding carboxylic acids is 1. The number of nitrogens with two attached hydrogens (primary N) is 1. The van der Waals surface area contributed by atoms with E-state index in [1.54, 1.807) is 24.5 Å². The molecular weight excluding hydrogens is 252 g/mol. The number of urea groups is 1. The van der Waals surface area contributed by atoms with Crippen molar-refractivity contribution in [2.45, 2.75) is 0 Å². The molecule has 0 atom stereocenters. The monoisotopic (exact) mass is 266 g/mol. The summed E-state index contributed by atoms with van der Waals surface area (Å²) in [7, 11) is 1.96. The molecule has 20 heavy (non-hydrogen) atoms. The SMILES string of the molecule is Cn1ccc2c(N(C(N)=O)c3cccnc3)cccc21. The van der Waals surface area contributed by atoms with Crippen LogP contribution in [0.15, 0.2) is 55.0 Å². The van der Waals surface area contributed by atoms with E-state index in [9.17, 15) is 4.79 Å². The molecule has 0 bridgehead atoms. The van der Waals surface area contributed by atoms with Crippen molar-refractivity contribution in [1.29, 1.82) is 0 Å². The average Bonchev–Trinajstić information content (AvgIpc) is 2.83. The third kappa shape index (κ3) is 1.89. The first-order valence-electron chi connectivity index (χ1n) is 6.22. The van der Waals surface area contributed by atoms with Crippen LogP contribution in [0.1, 0.15) is 0 Å². The number of primary amides is 1. The minimum atomic E-state index is -0.533. The molecule has 0 saturated heterocycles.